The van der Waals surface area contributed by atoms with E-state index in [1.54, 1.807) is 17.7 Å². The highest BCUT2D eigenvalue weighted by molar-refractivity contribution is 9.10. The Labute approximate surface area is 112 Å². The van der Waals surface area contributed by atoms with Gasteiger partial charge in [-0.15, -0.1) is 0 Å². The van der Waals surface area contributed by atoms with Gasteiger partial charge in [0, 0.05) is 11.6 Å². The molecule has 0 bridgehead atoms. The highest BCUT2D eigenvalue weighted by atomic mass is 79.9. The summed E-state index contributed by atoms with van der Waals surface area (Å²) in [6, 6.07) is 5.50. The maximum atomic E-state index is 11.7. The molecule has 0 N–H and O–H groups in total. The lowest BCUT2D eigenvalue weighted by Crippen LogP contribution is -2.18. The summed E-state index contributed by atoms with van der Waals surface area (Å²) in [5.74, 6) is -0.363. The summed E-state index contributed by atoms with van der Waals surface area (Å²) in [4.78, 5) is 11.7. The van der Waals surface area contributed by atoms with Crippen LogP contribution < -0.4 is 5.76 Å². The van der Waals surface area contributed by atoms with E-state index in [1.165, 1.54) is 0 Å². The van der Waals surface area contributed by atoms with Crippen LogP contribution in [0.2, 0.25) is 0 Å². The molecule has 0 aliphatic carbocycles. The van der Waals surface area contributed by atoms with E-state index in [0.29, 0.717) is 31.9 Å². The zero-order valence-corrected chi connectivity index (χ0v) is 11.6. The van der Waals surface area contributed by atoms with Crippen molar-refractivity contribution < 1.29 is 13.9 Å². The lowest BCUT2D eigenvalue weighted by Gasteiger charge is -2.04. The molecule has 2 rings (SSSR count). The lowest BCUT2D eigenvalue weighted by molar-refractivity contribution is 0.0663. The van der Waals surface area contributed by atoms with Crippen LogP contribution in [0.3, 0.4) is 0 Å². The minimum atomic E-state index is -0.363. The molecule has 2 aromatic rings. The zero-order chi connectivity index (χ0) is 13.0. The van der Waals surface area contributed by atoms with E-state index in [-0.39, 0.29) is 5.76 Å². The van der Waals surface area contributed by atoms with Gasteiger partial charge in [-0.3, -0.25) is 4.57 Å². The Morgan fingerprint density at radius 1 is 1.33 bits per heavy atom. The molecule has 18 heavy (non-hydrogen) atoms. The third-order valence-electron chi connectivity index (χ3n) is 2.52. The number of fused-ring (bicyclic) bond motifs is 1. The molecule has 0 aliphatic rings. The average Bonchev–Trinajstić information content (AvgIpc) is 2.64. The Morgan fingerprint density at radius 2 is 2.17 bits per heavy atom. The van der Waals surface area contributed by atoms with Crippen molar-refractivity contribution in [1.82, 2.24) is 4.57 Å². The van der Waals surface area contributed by atoms with Crippen molar-refractivity contribution in [3.8, 4) is 0 Å². The maximum absolute atomic E-state index is 11.7. The smallest absolute Gasteiger partial charge is 0.408 e. The van der Waals surface area contributed by atoms with Crippen LogP contribution in [0.1, 0.15) is 0 Å². The van der Waals surface area contributed by atoms with Crippen molar-refractivity contribution in [3.63, 3.8) is 0 Å². The molecule has 0 amide bonds. The number of halogens is 1. The van der Waals surface area contributed by atoms with E-state index in [0.717, 1.165) is 9.99 Å². The van der Waals surface area contributed by atoms with Gasteiger partial charge in [-0.05, 0) is 18.2 Å². The predicted octanol–water partition coefficient (Wildman–Crippen LogP) is 2.02. The highest BCUT2D eigenvalue weighted by Crippen LogP contribution is 2.18. The van der Waals surface area contributed by atoms with Gasteiger partial charge in [0.2, 0.25) is 0 Å². The second-order valence-electron chi connectivity index (χ2n) is 3.74. The molecule has 0 radical (unpaired) electrons. The second-order valence-corrected chi connectivity index (χ2v) is 4.65. The Bertz CT molecular complexity index is 575. The van der Waals surface area contributed by atoms with Crippen LogP contribution in [-0.4, -0.2) is 31.5 Å². The summed E-state index contributed by atoms with van der Waals surface area (Å²) in [6.45, 7) is 1.99. The topological polar surface area (TPSA) is 53.6 Å². The molecule has 0 atom stereocenters. The first kappa shape index (κ1) is 13.3. The lowest BCUT2D eigenvalue weighted by atomic mass is 10.3. The molecule has 0 fully saturated rings. The summed E-state index contributed by atoms with van der Waals surface area (Å²) in [5.41, 5.74) is 1.35. The maximum Gasteiger partial charge on any atom is 0.420 e. The molecule has 1 aromatic carbocycles. The molecule has 1 aromatic heterocycles. The molecule has 98 valence electrons. The number of rotatable bonds is 6. The summed E-state index contributed by atoms with van der Waals surface area (Å²) >= 11 is 3.34. The molecular weight excluding hydrogens is 302 g/mol. The van der Waals surface area contributed by atoms with Crippen molar-refractivity contribution in [3.05, 3.63) is 33.2 Å². The summed E-state index contributed by atoms with van der Waals surface area (Å²) in [6.07, 6.45) is 0. The molecule has 0 spiro atoms. The van der Waals surface area contributed by atoms with E-state index in [2.05, 4.69) is 15.9 Å². The van der Waals surface area contributed by atoms with Gasteiger partial charge in [0.25, 0.3) is 0 Å². The molecule has 6 heteroatoms. The van der Waals surface area contributed by atoms with E-state index >= 15 is 0 Å². The summed E-state index contributed by atoms with van der Waals surface area (Å²) < 4.78 is 17.8. The first-order valence-electron chi connectivity index (χ1n) is 5.58. The fourth-order valence-corrected chi connectivity index (χ4v) is 1.99. The number of nitrogens with zero attached hydrogens (tertiary/aromatic N) is 1. The average molecular weight is 316 g/mol. The third-order valence-corrected chi connectivity index (χ3v) is 3.01. The number of hydrogen-bond donors (Lipinski definition) is 0. The van der Waals surface area contributed by atoms with E-state index < -0.39 is 0 Å². The van der Waals surface area contributed by atoms with Crippen molar-refractivity contribution in [2.45, 2.75) is 6.54 Å². The van der Waals surface area contributed by atoms with Gasteiger partial charge in [0.1, 0.15) is 0 Å². The van der Waals surface area contributed by atoms with Gasteiger partial charge < -0.3 is 13.9 Å². The fraction of sp³-hybridized carbons (Fsp3) is 0.417. The Morgan fingerprint density at radius 3 is 2.94 bits per heavy atom. The monoisotopic (exact) mass is 315 g/mol. The second kappa shape index (κ2) is 6.17. The minimum Gasteiger partial charge on any atom is -0.408 e. The summed E-state index contributed by atoms with van der Waals surface area (Å²) in [7, 11) is 1.62. The molecule has 5 nitrogen and oxygen atoms in total. The van der Waals surface area contributed by atoms with Crippen molar-refractivity contribution in [1.29, 1.82) is 0 Å². The van der Waals surface area contributed by atoms with E-state index in [4.69, 9.17) is 13.9 Å². The number of oxazole rings is 1. The molecule has 0 saturated heterocycles. The predicted molar refractivity (Wildman–Crippen MR) is 70.9 cm³/mol. The Hall–Kier alpha value is -1.11. The van der Waals surface area contributed by atoms with Crippen LogP contribution in [0, 0.1) is 0 Å². The molecule has 0 unspecified atom stereocenters. The SMILES string of the molecule is COCCOCCn1c(=O)oc2cc(Br)ccc21. The van der Waals surface area contributed by atoms with Gasteiger partial charge in [-0.25, -0.2) is 4.79 Å². The van der Waals surface area contributed by atoms with Crippen LogP contribution in [0.5, 0.6) is 0 Å². The number of methoxy groups -OCH3 is 1. The zero-order valence-electron chi connectivity index (χ0n) is 10.0. The number of aromatic nitrogens is 1. The van der Waals surface area contributed by atoms with Crippen LogP contribution in [0.15, 0.2) is 31.9 Å². The Kier molecular flexibility index (Phi) is 4.57. The van der Waals surface area contributed by atoms with Crippen LogP contribution in [0.25, 0.3) is 11.1 Å². The molecule has 0 saturated carbocycles. The number of benzene rings is 1. The first-order valence-corrected chi connectivity index (χ1v) is 6.37. The first-order chi connectivity index (χ1) is 8.72. The summed E-state index contributed by atoms with van der Waals surface area (Å²) in [5, 5.41) is 0. The van der Waals surface area contributed by atoms with Crippen molar-refractivity contribution in [2.75, 3.05) is 26.9 Å². The molecule has 0 aliphatic heterocycles. The minimum absolute atomic E-state index is 0.363. The van der Waals surface area contributed by atoms with Crippen LogP contribution in [-0.2, 0) is 16.0 Å². The molecule has 1 heterocycles. The molecular formula is C12H14BrNO4. The third kappa shape index (κ3) is 3.01. The van der Waals surface area contributed by atoms with Crippen LogP contribution >= 0.6 is 15.9 Å². The largest absolute Gasteiger partial charge is 0.420 e. The fourth-order valence-electron chi connectivity index (χ4n) is 1.65. The van der Waals surface area contributed by atoms with Crippen molar-refractivity contribution in [2.24, 2.45) is 0 Å². The van der Waals surface area contributed by atoms with Gasteiger partial charge in [-0.2, -0.15) is 0 Å². The van der Waals surface area contributed by atoms with Crippen molar-refractivity contribution >= 4 is 27.0 Å². The van der Waals surface area contributed by atoms with Gasteiger partial charge in [0.05, 0.1) is 31.9 Å². The van der Waals surface area contributed by atoms with Gasteiger partial charge in [0.15, 0.2) is 5.58 Å². The quantitative estimate of drug-likeness (QED) is 0.765. The van der Waals surface area contributed by atoms with Crippen LogP contribution in [0.4, 0.5) is 0 Å². The van der Waals surface area contributed by atoms with E-state index in [9.17, 15) is 4.79 Å². The van der Waals surface area contributed by atoms with Gasteiger partial charge >= 0.3 is 5.76 Å². The standard InChI is InChI=1S/C12H14BrNO4/c1-16-6-7-17-5-4-14-10-3-2-9(13)8-11(10)18-12(14)15/h2-3,8H,4-7H2,1H3. The van der Waals surface area contributed by atoms with E-state index in [1.807, 2.05) is 12.1 Å². The normalized spacial score (nSPS) is 11.2. The number of hydrogen-bond acceptors (Lipinski definition) is 4. The van der Waals surface area contributed by atoms with Gasteiger partial charge in [-0.1, -0.05) is 15.9 Å². The Balaban J connectivity index is 2.08. The highest BCUT2D eigenvalue weighted by Gasteiger charge is 2.08. The number of ether oxygens (including phenoxy) is 2.